The number of hydrogen-bond acceptors (Lipinski definition) is 8. The van der Waals surface area contributed by atoms with Crippen LogP contribution >= 0.6 is 0 Å². The zero-order valence-corrected chi connectivity index (χ0v) is 12.3. The third-order valence-electron chi connectivity index (χ3n) is 2.77. The molecule has 0 aliphatic carbocycles. The summed E-state index contributed by atoms with van der Waals surface area (Å²) in [5, 5.41) is 28.7. The predicted octanol–water partition coefficient (Wildman–Crippen LogP) is 0.900. The van der Waals surface area contributed by atoms with Crippen LogP contribution in [-0.4, -0.2) is 36.2 Å². The monoisotopic (exact) mass is 333 g/mol. The van der Waals surface area contributed by atoms with Crippen LogP contribution < -0.4 is 5.43 Å². The molecule has 1 heterocycles. The molecule has 0 unspecified atom stereocenters. The van der Waals surface area contributed by atoms with Crippen LogP contribution in [0.1, 0.15) is 17.3 Å². The molecule has 1 N–H and O–H groups in total. The molecule has 0 saturated carbocycles. The Balaban J connectivity index is 2.05. The molecule has 1 aromatic carbocycles. The quantitative estimate of drug-likeness (QED) is 0.467. The van der Waals surface area contributed by atoms with E-state index in [4.69, 9.17) is 0 Å². The van der Waals surface area contributed by atoms with E-state index < -0.39 is 21.7 Å². The van der Waals surface area contributed by atoms with Crippen molar-refractivity contribution in [3.8, 4) is 0 Å². The summed E-state index contributed by atoms with van der Waals surface area (Å²) in [5.74, 6) is -1.29. The highest BCUT2D eigenvalue weighted by Crippen LogP contribution is 2.17. The highest BCUT2D eigenvalue weighted by molar-refractivity contribution is 5.98. The number of nitrogens with one attached hydrogen (secondary N) is 1. The smallest absolute Gasteiger partial charge is 0.390 e. The number of nitro benzene ring substituents is 1. The first-order chi connectivity index (χ1) is 11.4. The van der Waals surface area contributed by atoms with E-state index in [0.29, 0.717) is 5.71 Å². The van der Waals surface area contributed by atoms with E-state index in [0.717, 1.165) is 6.33 Å². The lowest BCUT2D eigenvalue weighted by Crippen LogP contribution is -2.21. The van der Waals surface area contributed by atoms with Crippen molar-refractivity contribution in [1.82, 2.24) is 20.2 Å². The Morgan fingerprint density at radius 3 is 2.62 bits per heavy atom. The number of carbonyl (C=O) groups excluding carboxylic acids is 1. The zero-order chi connectivity index (χ0) is 17.7. The lowest BCUT2D eigenvalue weighted by molar-refractivity contribution is -0.394. The minimum absolute atomic E-state index is 0.0536. The first kappa shape index (κ1) is 16.7. The van der Waals surface area contributed by atoms with E-state index in [9.17, 15) is 25.0 Å². The molecule has 0 spiro atoms. The van der Waals surface area contributed by atoms with Gasteiger partial charge in [-0.2, -0.15) is 9.78 Å². The molecule has 1 amide bonds. The van der Waals surface area contributed by atoms with Gasteiger partial charge in [-0.05, 0) is 17.9 Å². The van der Waals surface area contributed by atoms with Crippen molar-refractivity contribution in [2.24, 2.45) is 5.10 Å². The number of para-hydroxylation sites is 1. The molecule has 12 heteroatoms. The van der Waals surface area contributed by atoms with Gasteiger partial charge >= 0.3 is 5.95 Å². The Bertz CT molecular complexity index is 829. The number of nitrogens with zero attached hydrogens (tertiary/aromatic N) is 6. The minimum Gasteiger partial charge on any atom is -0.390 e. The fourth-order valence-electron chi connectivity index (χ4n) is 1.75. The molecule has 0 aliphatic heterocycles. The highest BCUT2D eigenvalue weighted by Gasteiger charge is 2.19. The number of rotatable bonds is 6. The summed E-state index contributed by atoms with van der Waals surface area (Å²) in [6, 6.07) is 5.45. The molecule has 0 radical (unpaired) electrons. The van der Waals surface area contributed by atoms with Gasteiger partial charge in [0.1, 0.15) is 5.56 Å². The summed E-state index contributed by atoms with van der Waals surface area (Å²) >= 11 is 0. The predicted molar refractivity (Wildman–Crippen MR) is 80.3 cm³/mol. The van der Waals surface area contributed by atoms with Crippen molar-refractivity contribution in [2.75, 3.05) is 0 Å². The fraction of sp³-hybridized carbons (Fsp3) is 0.167. The Hall–Kier alpha value is -3.70. The van der Waals surface area contributed by atoms with Crippen molar-refractivity contribution in [3.63, 3.8) is 0 Å². The van der Waals surface area contributed by atoms with Gasteiger partial charge in [-0.15, -0.1) is 0 Å². The molecule has 124 valence electrons. The van der Waals surface area contributed by atoms with Crippen LogP contribution in [0.4, 0.5) is 11.6 Å². The molecule has 12 nitrogen and oxygen atoms in total. The average Bonchev–Trinajstić information content (AvgIpc) is 3.01. The first-order valence-corrected chi connectivity index (χ1v) is 6.49. The van der Waals surface area contributed by atoms with E-state index >= 15 is 0 Å². The molecule has 24 heavy (non-hydrogen) atoms. The SMILES string of the molecule is CC(Cn1cnc([N+](=O)[O-])n1)=NNC(=O)c1ccccc1[N+](=O)[O-]. The van der Waals surface area contributed by atoms with E-state index in [1.807, 2.05) is 0 Å². The lowest BCUT2D eigenvalue weighted by atomic mass is 10.2. The maximum absolute atomic E-state index is 12.0. The van der Waals surface area contributed by atoms with Crippen LogP contribution in [0.3, 0.4) is 0 Å². The summed E-state index contributed by atoms with van der Waals surface area (Å²) in [6.07, 6.45) is 1.15. The van der Waals surface area contributed by atoms with Crippen LogP contribution in [0, 0.1) is 20.2 Å². The average molecular weight is 333 g/mol. The van der Waals surface area contributed by atoms with E-state index in [2.05, 4.69) is 20.6 Å². The third kappa shape index (κ3) is 3.94. The number of hydrazone groups is 1. The third-order valence-corrected chi connectivity index (χ3v) is 2.77. The lowest BCUT2D eigenvalue weighted by Gasteiger charge is -2.02. The Morgan fingerprint density at radius 2 is 2.00 bits per heavy atom. The van der Waals surface area contributed by atoms with Crippen LogP contribution in [0.5, 0.6) is 0 Å². The fourth-order valence-corrected chi connectivity index (χ4v) is 1.75. The van der Waals surface area contributed by atoms with Crippen molar-refractivity contribution in [1.29, 1.82) is 0 Å². The molecule has 2 aromatic rings. The van der Waals surface area contributed by atoms with Crippen LogP contribution in [0.2, 0.25) is 0 Å². The summed E-state index contributed by atoms with van der Waals surface area (Å²) in [4.78, 5) is 35.4. The number of aromatic nitrogens is 3. The van der Waals surface area contributed by atoms with Crippen molar-refractivity contribution >= 4 is 23.3 Å². The second kappa shape index (κ2) is 7.04. The molecule has 0 fully saturated rings. The van der Waals surface area contributed by atoms with Crippen LogP contribution in [0.15, 0.2) is 35.7 Å². The normalized spacial score (nSPS) is 11.1. The van der Waals surface area contributed by atoms with Gasteiger partial charge in [-0.25, -0.2) is 5.43 Å². The summed E-state index contributed by atoms with van der Waals surface area (Å²) < 4.78 is 1.17. The molecular weight excluding hydrogens is 322 g/mol. The zero-order valence-electron chi connectivity index (χ0n) is 12.3. The molecule has 0 atom stereocenters. The number of amides is 1. The maximum atomic E-state index is 12.0. The van der Waals surface area contributed by atoms with Crippen molar-refractivity contribution in [2.45, 2.75) is 13.5 Å². The van der Waals surface area contributed by atoms with Crippen LogP contribution in [0.25, 0.3) is 0 Å². The number of hydrogen-bond donors (Lipinski definition) is 1. The second-order valence-corrected chi connectivity index (χ2v) is 4.56. The number of nitro groups is 2. The number of benzene rings is 1. The molecule has 1 aromatic heterocycles. The van der Waals surface area contributed by atoms with Gasteiger partial charge in [0.15, 0.2) is 0 Å². The second-order valence-electron chi connectivity index (χ2n) is 4.56. The highest BCUT2D eigenvalue weighted by atomic mass is 16.6. The van der Waals surface area contributed by atoms with Gasteiger partial charge in [0.05, 0.1) is 17.2 Å². The molecule has 0 aliphatic rings. The standard InChI is InChI=1S/C12H11N7O5/c1-8(6-17-7-13-12(16-17)19(23)24)14-15-11(20)9-4-2-3-5-10(9)18(21)22/h2-5,7H,6H2,1H3,(H,15,20). The van der Waals surface area contributed by atoms with Gasteiger partial charge in [-0.3, -0.25) is 14.9 Å². The molecular formula is C12H11N7O5. The summed E-state index contributed by atoms with van der Waals surface area (Å²) in [5.41, 5.74) is 2.09. The Labute approximate surface area is 134 Å². The summed E-state index contributed by atoms with van der Waals surface area (Å²) in [6.45, 7) is 1.60. The van der Waals surface area contributed by atoms with E-state index in [1.165, 1.54) is 28.9 Å². The molecule has 2 rings (SSSR count). The van der Waals surface area contributed by atoms with Gasteiger partial charge in [0.25, 0.3) is 11.6 Å². The molecule has 0 bridgehead atoms. The number of carbonyl (C=O) groups is 1. The largest absolute Gasteiger partial charge is 0.490 e. The molecule has 0 saturated heterocycles. The topological polar surface area (TPSA) is 158 Å². The maximum Gasteiger partial charge on any atom is 0.490 e. The first-order valence-electron chi connectivity index (χ1n) is 6.49. The van der Waals surface area contributed by atoms with Gasteiger partial charge < -0.3 is 10.1 Å². The van der Waals surface area contributed by atoms with E-state index in [1.54, 1.807) is 6.92 Å². The van der Waals surface area contributed by atoms with Gasteiger partial charge in [-0.1, -0.05) is 17.1 Å². The van der Waals surface area contributed by atoms with Crippen molar-refractivity contribution < 1.29 is 14.6 Å². The van der Waals surface area contributed by atoms with Gasteiger partial charge in [0.2, 0.25) is 6.33 Å². The minimum atomic E-state index is -0.744. The Morgan fingerprint density at radius 1 is 1.29 bits per heavy atom. The Kier molecular flexibility index (Phi) is 4.89. The van der Waals surface area contributed by atoms with Crippen molar-refractivity contribution in [3.05, 3.63) is 56.4 Å². The van der Waals surface area contributed by atoms with Crippen LogP contribution in [-0.2, 0) is 6.54 Å². The van der Waals surface area contributed by atoms with E-state index in [-0.39, 0.29) is 17.8 Å². The summed E-state index contributed by atoms with van der Waals surface area (Å²) in [7, 11) is 0. The van der Waals surface area contributed by atoms with Gasteiger partial charge in [0, 0.05) is 11.2 Å².